The third-order valence-corrected chi connectivity index (χ3v) is 7.02. The number of hydrogen-bond donors (Lipinski definition) is 5. The maximum absolute atomic E-state index is 13.5. The first kappa shape index (κ1) is 24.0. The molecule has 1 aliphatic rings. The van der Waals surface area contributed by atoms with E-state index in [-0.39, 0.29) is 12.1 Å². The van der Waals surface area contributed by atoms with E-state index in [0.29, 0.717) is 42.5 Å². The predicted molar refractivity (Wildman–Crippen MR) is 132 cm³/mol. The third-order valence-electron chi connectivity index (χ3n) is 6.56. The van der Waals surface area contributed by atoms with Gasteiger partial charge in [-0.1, -0.05) is 34.1 Å². The average molecular weight is 528 g/mol. The number of H-pyrrole nitrogens is 1. The molecule has 2 aromatic carbocycles. The zero-order valence-corrected chi connectivity index (χ0v) is 20.2. The molecule has 6 N–H and O–H groups in total. The van der Waals surface area contributed by atoms with E-state index >= 15 is 0 Å². The zero-order valence-electron chi connectivity index (χ0n) is 18.7. The van der Waals surface area contributed by atoms with E-state index in [1.54, 1.807) is 19.1 Å². The molecule has 0 fully saturated rings. The smallest absolute Gasteiger partial charge is 0.352 e. The molecule has 178 valence electrons. The lowest BCUT2D eigenvalue weighted by Gasteiger charge is -2.36. The second-order valence-electron chi connectivity index (χ2n) is 8.94. The van der Waals surface area contributed by atoms with Gasteiger partial charge in [-0.2, -0.15) is 0 Å². The number of carboxylic acid groups (broad SMARTS) is 2. The molecule has 0 aliphatic heterocycles. The number of nitrogens with one attached hydrogen (secondary N) is 2. The Bertz CT molecular complexity index is 1300. The van der Waals surface area contributed by atoms with Gasteiger partial charge in [-0.05, 0) is 67.5 Å². The minimum atomic E-state index is -1.39. The molecule has 9 heteroatoms. The van der Waals surface area contributed by atoms with E-state index in [1.807, 2.05) is 24.3 Å². The topological polar surface area (TPSA) is 146 Å². The summed E-state index contributed by atoms with van der Waals surface area (Å²) in [7, 11) is 0. The number of rotatable bonds is 8. The SMILES string of the molecule is CC(N)(C(=O)Nc1ccccc1CCCC(=O)O)C1CCc2cc(Br)cc3[nH]c(C(=O)O)c1c23. The van der Waals surface area contributed by atoms with E-state index in [9.17, 15) is 19.5 Å². The molecule has 8 nitrogen and oxygen atoms in total. The number of carboxylic acids is 2. The number of nitrogens with two attached hydrogens (primary N) is 1. The first-order valence-electron chi connectivity index (χ1n) is 11.1. The number of aliphatic carboxylic acids is 1. The number of carbonyl (C=O) groups is 3. The Morgan fingerprint density at radius 3 is 2.68 bits per heavy atom. The molecule has 0 radical (unpaired) electrons. The van der Waals surface area contributed by atoms with E-state index in [0.717, 1.165) is 21.0 Å². The Balaban J connectivity index is 1.66. The van der Waals surface area contributed by atoms with Gasteiger partial charge in [0.15, 0.2) is 0 Å². The van der Waals surface area contributed by atoms with Crippen molar-refractivity contribution in [2.75, 3.05) is 5.32 Å². The molecule has 0 saturated carbocycles. The maximum Gasteiger partial charge on any atom is 0.352 e. The lowest BCUT2D eigenvalue weighted by Crippen LogP contribution is -2.54. The van der Waals surface area contributed by atoms with Gasteiger partial charge in [0.2, 0.25) is 5.91 Å². The second-order valence-corrected chi connectivity index (χ2v) is 9.85. The highest BCUT2D eigenvalue weighted by molar-refractivity contribution is 9.10. The van der Waals surface area contributed by atoms with Crippen molar-refractivity contribution in [3.63, 3.8) is 0 Å². The van der Waals surface area contributed by atoms with Gasteiger partial charge in [0.05, 0.1) is 5.54 Å². The van der Waals surface area contributed by atoms with Gasteiger partial charge in [-0.15, -0.1) is 0 Å². The van der Waals surface area contributed by atoms with Gasteiger partial charge in [-0.25, -0.2) is 4.79 Å². The summed E-state index contributed by atoms with van der Waals surface area (Å²) in [5.74, 6) is -2.90. The maximum atomic E-state index is 13.5. The average Bonchev–Trinajstić information content (AvgIpc) is 3.15. The highest BCUT2D eigenvalue weighted by Gasteiger charge is 2.43. The molecule has 1 aromatic heterocycles. The Labute approximate surface area is 204 Å². The van der Waals surface area contributed by atoms with Gasteiger partial charge in [0.25, 0.3) is 0 Å². The van der Waals surface area contributed by atoms with Crippen molar-refractivity contribution >= 4 is 50.4 Å². The third kappa shape index (κ3) is 4.45. The van der Waals surface area contributed by atoms with Crippen LogP contribution in [0, 0.1) is 0 Å². The van der Waals surface area contributed by atoms with Crippen molar-refractivity contribution in [3.05, 3.63) is 63.3 Å². The second kappa shape index (κ2) is 9.23. The Morgan fingerprint density at radius 2 is 1.97 bits per heavy atom. The highest BCUT2D eigenvalue weighted by Crippen LogP contribution is 2.45. The van der Waals surface area contributed by atoms with Crippen molar-refractivity contribution < 1.29 is 24.6 Å². The fourth-order valence-corrected chi connectivity index (χ4v) is 5.38. The minimum Gasteiger partial charge on any atom is -0.481 e. The molecule has 3 aromatic rings. The molecule has 34 heavy (non-hydrogen) atoms. The van der Waals surface area contributed by atoms with Crippen LogP contribution in [0.1, 0.15) is 59.3 Å². The summed E-state index contributed by atoms with van der Waals surface area (Å²) in [5, 5.41) is 22.5. The fraction of sp³-hybridized carbons (Fsp3) is 0.320. The van der Waals surface area contributed by atoms with Crippen molar-refractivity contribution in [2.24, 2.45) is 5.73 Å². The van der Waals surface area contributed by atoms with E-state index in [1.165, 1.54) is 0 Å². The van der Waals surface area contributed by atoms with Crippen LogP contribution in [0.3, 0.4) is 0 Å². The lowest BCUT2D eigenvalue weighted by molar-refractivity contribution is -0.137. The van der Waals surface area contributed by atoms with Gasteiger partial charge >= 0.3 is 11.9 Å². The van der Waals surface area contributed by atoms with Crippen LogP contribution in [-0.4, -0.2) is 38.6 Å². The number of aryl methyl sites for hydroxylation is 2. The summed E-state index contributed by atoms with van der Waals surface area (Å²) in [6.45, 7) is 1.63. The number of halogens is 1. The number of aromatic amines is 1. The molecule has 0 saturated heterocycles. The molecular formula is C25H26BrN3O5. The molecule has 4 rings (SSSR count). The van der Waals surface area contributed by atoms with E-state index < -0.39 is 29.3 Å². The number of amides is 1. The predicted octanol–water partition coefficient (Wildman–Crippen LogP) is 4.42. The molecule has 1 amide bonds. The van der Waals surface area contributed by atoms with Crippen LogP contribution in [0.25, 0.3) is 10.9 Å². The van der Waals surface area contributed by atoms with Crippen LogP contribution in [0.4, 0.5) is 5.69 Å². The number of carbonyl (C=O) groups excluding carboxylic acids is 1. The monoisotopic (exact) mass is 527 g/mol. The fourth-order valence-electron chi connectivity index (χ4n) is 4.87. The van der Waals surface area contributed by atoms with Crippen molar-refractivity contribution in [1.29, 1.82) is 0 Å². The van der Waals surface area contributed by atoms with E-state index in [2.05, 4.69) is 26.2 Å². The number of benzene rings is 2. The highest BCUT2D eigenvalue weighted by atomic mass is 79.9. The largest absolute Gasteiger partial charge is 0.481 e. The Kier molecular flexibility index (Phi) is 6.51. The van der Waals surface area contributed by atoms with Gasteiger partial charge in [0.1, 0.15) is 5.69 Å². The van der Waals surface area contributed by atoms with Crippen LogP contribution in [0.5, 0.6) is 0 Å². The normalized spacial score (nSPS) is 16.7. The van der Waals surface area contributed by atoms with Crippen LogP contribution < -0.4 is 11.1 Å². The minimum absolute atomic E-state index is 0.0376. The summed E-state index contributed by atoms with van der Waals surface area (Å²) in [5.41, 5.74) is 8.99. The van der Waals surface area contributed by atoms with Crippen LogP contribution in [0.15, 0.2) is 40.9 Å². The number of anilines is 1. The number of hydrogen-bond acceptors (Lipinski definition) is 4. The molecule has 1 heterocycles. The summed E-state index contributed by atoms with van der Waals surface area (Å²) in [4.78, 5) is 39.4. The first-order chi connectivity index (χ1) is 16.1. The van der Waals surface area contributed by atoms with Crippen LogP contribution in [-0.2, 0) is 22.4 Å². The Morgan fingerprint density at radius 1 is 1.24 bits per heavy atom. The van der Waals surface area contributed by atoms with Crippen molar-refractivity contribution in [1.82, 2.24) is 4.98 Å². The number of aromatic carboxylic acids is 1. The van der Waals surface area contributed by atoms with Gasteiger partial charge in [0, 0.05) is 33.4 Å². The summed E-state index contributed by atoms with van der Waals surface area (Å²) >= 11 is 3.48. The van der Waals surface area contributed by atoms with Gasteiger partial charge in [-0.3, -0.25) is 9.59 Å². The summed E-state index contributed by atoms with van der Waals surface area (Å²) < 4.78 is 0.853. The lowest BCUT2D eigenvalue weighted by atomic mass is 9.72. The van der Waals surface area contributed by atoms with Crippen molar-refractivity contribution in [3.8, 4) is 0 Å². The molecule has 0 bridgehead atoms. The van der Waals surface area contributed by atoms with Gasteiger partial charge < -0.3 is 26.2 Å². The summed E-state index contributed by atoms with van der Waals surface area (Å²) in [6, 6.07) is 11.0. The number of para-hydroxylation sites is 1. The van der Waals surface area contributed by atoms with E-state index in [4.69, 9.17) is 10.8 Å². The van der Waals surface area contributed by atoms with Crippen LogP contribution in [0.2, 0.25) is 0 Å². The molecule has 0 spiro atoms. The molecule has 2 unspecified atom stereocenters. The number of aromatic nitrogens is 1. The first-order valence-corrected chi connectivity index (χ1v) is 11.9. The van der Waals surface area contributed by atoms with Crippen molar-refractivity contribution in [2.45, 2.75) is 50.5 Å². The standard InChI is InChI=1S/C25H26BrN3O5/c1-25(27,24(34)29-17-7-3-2-5-13(17)6-4-8-19(30)31)16-10-9-14-11-15(26)12-18-20(14)21(16)22(28-18)23(32)33/h2-3,5,7,11-12,16,28H,4,6,8-10,27H2,1H3,(H,29,34)(H,30,31)(H,32,33). The molecular weight excluding hydrogens is 502 g/mol. The molecule has 1 aliphatic carbocycles. The summed E-state index contributed by atoms with van der Waals surface area (Å²) in [6.07, 6.45) is 2.17. The van der Waals surface area contributed by atoms with Crippen LogP contribution >= 0.6 is 15.9 Å². The zero-order chi connectivity index (χ0) is 24.6. The molecule has 2 atom stereocenters. The quantitative estimate of drug-likeness (QED) is 0.293. The Hall–Kier alpha value is -3.17.